The minimum Gasteiger partial charge on any atom is -0.380 e. The highest BCUT2D eigenvalue weighted by molar-refractivity contribution is 5.23. The molecule has 2 rings (SSSR count). The third-order valence-corrected chi connectivity index (χ3v) is 3.97. The number of methoxy groups -OCH3 is 1. The van der Waals surface area contributed by atoms with Gasteiger partial charge < -0.3 is 10.1 Å². The lowest BCUT2D eigenvalue weighted by Crippen LogP contribution is -2.39. The predicted octanol–water partition coefficient (Wildman–Crippen LogP) is 3.04. The van der Waals surface area contributed by atoms with Crippen LogP contribution in [-0.2, 0) is 17.9 Å². The van der Waals surface area contributed by atoms with Crippen molar-refractivity contribution in [3.8, 4) is 0 Å². The minimum absolute atomic E-state index is 0.672. The van der Waals surface area contributed by atoms with Crippen LogP contribution in [0.15, 0.2) is 24.3 Å². The first kappa shape index (κ1) is 16.5. The van der Waals surface area contributed by atoms with Crippen molar-refractivity contribution in [3.63, 3.8) is 0 Å². The van der Waals surface area contributed by atoms with Crippen LogP contribution in [-0.4, -0.2) is 37.7 Å². The highest BCUT2D eigenvalue weighted by Crippen LogP contribution is 2.14. The molecule has 1 aliphatic rings. The van der Waals surface area contributed by atoms with Gasteiger partial charge in [0, 0.05) is 32.8 Å². The molecule has 3 heteroatoms. The Bertz CT molecular complexity index is 413. The topological polar surface area (TPSA) is 24.5 Å². The van der Waals surface area contributed by atoms with E-state index in [-0.39, 0.29) is 0 Å². The summed E-state index contributed by atoms with van der Waals surface area (Å²) in [6.07, 6.45) is 2.64. The van der Waals surface area contributed by atoms with Gasteiger partial charge in [0.15, 0.2) is 0 Å². The smallest absolute Gasteiger partial charge is 0.0713 e. The van der Waals surface area contributed by atoms with Gasteiger partial charge in [-0.1, -0.05) is 38.1 Å². The maximum Gasteiger partial charge on any atom is 0.0713 e. The first-order valence-electron chi connectivity index (χ1n) is 8.20. The van der Waals surface area contributed by atoms with E-state index in [2.05, 4.69) is 48.3 Å². The maximum absolute atomic E-state index is 5.24. The maximum atomic E-state index is 5.24. The molecule has 21 heavy (non-hydrogen) atoms. The van der Waals surface area contributed by atoms with E-state index < -0.39 is 0 Å². The number of ether oxygens (including phenoxy) is 1. The lowest BCUT2D eigenvalue weighted by atomic mass is 10.1. The molecule has 1 heterocycles. The largest absolute Gasteiger partial charge is 0.380 e. The van der Waals surface area contributed by atoms with Gasteiger partial charge in [0.25, 0.3) is 0 Å². The quantitative estimate of drug-likeness (QED) is 0.796. The third kappa shape index (κ3) is 5.77. The molecule has 1 saturated heterocycles. The summed E-state index contributed by atoms with van der Waals surface area (Å²) in [5.74, 6) is 0.702. The van der Waals surface area contributed by atoms with Gasteiger partial charge in [0.1, 0.15) is 0 Å². The molecule has 0 bridgehead atoms. The summed E-state index contributed by atoms with van der Waals surface area (Å²) in [7, 11) is 1.75. The highest BCUT2D eigenvalue weighted by atomic mass is 16.5. The summed E-state index contributed by atoms with van der Waals surface area (Å²) in [5, 5.41) is 3.62. The Labute approximate surface area is 129 Å². The zero-order chi connectivity index (χ0) is 15.1. The van der Waals surface area contributed by atoms with Gasteiger partial charge in [-0.25, -0.2) is 0 Å². The van der Waals surface area contributed by atoms with Crippen LogP contribution in [0.25, 0.3) is 0 Å². The molecule has 1 aliphatic heterocycles. The summed E-state index contributed by atoms with van der Waals surface area (Å²) in [6, 6.07) is 9.46. The number of nitrogens with zero attached hydrogens (tertiary/aromatic N) is 1. The van der Waals surface area contributed by atoms with E-state index in [1.807, 2.05) is 0 Å². The van der Waals surface area contributed by atoms with Crippen molar-refractivity contribution in [2.24, 2.45) is 5.92 Å². The van der Waals surface area contributed by atoms with Crippen molar-refractivity contribution in [2.45, 2.75) is 45.9 Å². The van der Waals surface area contributed by atoms with Crippen LogP contribution in [0.3, 0.4) is 0 Å². The predicted molar refractivity (Wildman–Crippen MR) is 88.3 cm³/mol. The molecule has 1 unspecified atom stereocenters. The second-order valence-electron chi connectivity index (χ2n) is 6.63. The van der Waals surface area contributed by atoms with Crippen molar-refractivity contribution < 1.29 is 4.74 Å². The SMILES string of the molecule is COCc1cccc(CN(CC(C)C)CC2CCCN2)c1. The Morgan fingerprint density at radius 2 is 2.14 bits per heavy atom. The van der Waals surface area contributed by atoms with E-state index in [0.717, 1.165) is 19.6 Å². The highest BCUT2D eigenvalue weighted by Gasteiger charge is 2.18. The van der Waals surface area contributed by atoms with Gasteiger partial charge in [-0.15, -0.1) is 0 Å². The van der Waals surface area contributed by atoms with Crippen LogP contribution in [0.2, 0.25) is 0 Å². The molecule has 0 spiro atoms. The molecule has 0 radical (unpaired) electrons. The van der Waals surface area contributed by atoms with E-state index in [4.69, 9.17) is 4.74 Å². The van der Waals surface area contributed by atoms with E-state index in [0.29, 0.717) is 18.6 Å². The Hall–Kier alpha value is -0.900. The summed E-state index contributed by atoms with van der Waals surface area (Å²) in [5.41, 5.74) is 2.65. The van der Waals surface area contributed by atoms with Crippen LogP contribution >= 0.6 is 0 Å². The van der Waals surface area contributed by atoms with Gasteiger partial charge in [-0.3, -0.25) is 4.90 Å². The lowest BCUT2D eigenvalue weighted by molar-refractivity contribution is 0.184. The van der Waals surface area contributed by atoms with Crippen LogP contribution < -0.4 is 5.32 Å². The second-order valence-corrected chi connectivity index (χ2v) is 6.63. The zero-order valence-corrected chi connectivity index (χ0v) is 13.8. The van der Waals surface area contributed by atoms with Gasteiger partial charge in [0.2, 0.25) is 0 Å². The average Bonchev–Trinajstić information content (AvgIpc) is 2.91. The molecule has 118 valence electrons. The molecular weight excluding hydrogens is 260 g/mol. The van der Waals surface area contributed by atoms with E-state index in [9.17, 15) is 0 Å². The molecule has 1 N–H and O–H groups in total. The molecule has 0 aromatic heterocycles. The van der Waals surface area contributed by atoms with Crippen LogP contribution in [0.1, 0.15) is 37.8 Å². The van der Waals surface area contributed by atoms with E-state index >= 15 is 0 Å². The number of hydrogen-bond acceptors (Lipinski definition) is 3. The van der Waals surface area contributed by atoms with Crippen LogP contribution in [0.5, 0.6) is 0 Å². The average molecular weight is 290 g/mol. The molecule has 1 aromatic carbocycles. The fraction of sp³-hybridized carbons (Fsp3) is 0.667. The Balaban J connectivity index is 1.97. The van der Waals surface area contributed by atoms with Crippen LogP contribution in [0, 0.1) is 5.92 Å². The molecule has 1 fully saturated rings. The van der Waals surface area contributed by atoms with Crippen molar-refractivity contribution in [1.82, 2.24) is 10.2 Å². The summed E-state index contributed by atoms with van der Waals surface area (Å²) in [6.45, 7) is 9.84. The summed E-state index contributed by atoms with van der Waals surface area (Å²) in [4.78, 5) is 2.60. The molecule has 0 amide bonds. The second kappa shape index (κ2) is 8.52. The first-order valence-corrected chi connectivity index (χ1v) is 8.20. The number of hydrogen-bond donors (Lipinski definition) is 1. The molecule has 0 saturated carbocycles. The molecule has 1 aromatic rings. The molecular formula is C18H30N2O. The normalized spacial score (nSPS) is 18.8. The van der Waals surface area contributed by atoms with Gasteiger partial charge in [-0.05, 0) is 36.4 Å². The Morgan fingerprint density at radius 3 is 2.81 bits per heavy atom. The summed E-state index contributed by atoms with van der Waals surface area (Å²) < 4.78 is 5.24. The molecule has 3 nitrogen and oxygen atoms in total. The van der Waals surface area contributed by atoms with Crippen molar-refractivity contribution in [1.29, 1.82) is 0 Å². The van der Waals surface area contributed by atoms with Crippen molar-refractivity contribution in [2.75, 3.05) is 26.7 Å². The number of benzene rings is 1. The fourth-order valence-corrected chi connectivity index (χ4v) is 3.19. The van der Waals surface area contributed by atoms with Crippen molar-refractivity contribution in [3.05, 3.63) is 35.4 Å². The number of rotatable bonds is 8. The fourth-order valence-electron chi connectivity index (χ4n) is 3.19. The monoisotopic (exact) mass is 290 g/mol. The first-order chi connectivity index (χ1) is 10.2. The third-order valence-electron chi connectivity index (χ3n) is 3.97. The van der Waals surface area contributed by atoms with Crippen LogP contribution in [0.4, 0.5) is 0 Å². The molecule has 0 aliphatic carbocycles. The minimum atomic E-state index is 0.672. The van der Waals surface area contributed by atoms with E-state index in [1.165, 1.54) is 30.5 Å². The summed E-state index contributed by atoms with van der Waals surface area (Å²) >= 11 is 0. The number of nitrogens with one attached hydrogen (secondary N) is 1. The van der Waals surface area contributed by atoms with Gasteiger partial charge in [-0.2, -0.15) is 0 Å². The molecule has 1 atom stereocenters. The zero-order valence-electron chi connectivity index (χ0n) is 13.8. The van der Waals surface area contributed by atoms with Gasteiger partial charge in [0.05, 0.1) is 6.61 Å². The standard InChI is InChI=1S/C18H30N2O/c1-15(2)11-20(13-18-8-5-9-19-18)12-16-6-4-7-17(10-16)14-21-3/h4,6-7,10,15,18-19H,5,8-9,11-14H2,1-3H3. The van der Waals surface area contributed by atoms with Gasteiger partial charge >= 0.3 is 0 Å². The lowest BCUT2D eigenvalue weighted by Gasteiger charge is -2.27. The van der Waals surface area contributed by atoms with Crippen molar-refractivity contribution >= 4 is 0 Å². The van der Waals surface area contributed by atoms with E-state index in [1.54, 1.807) is 7.11 Å². The Kier molecular flexibility index (Phi) is 6.68. The Morgan fingerprint density at radius 1 is 1.33 bits per heavy atom.